The zero-order valence-corrected chi connectivity index (χ0v) is 12.9. The quantitative estimate of drug-likeness (QED) is 0.604. The van der Waals surface area contributed by atoms with Crippen LogP contribution in [0.15, 0.2) is 21.1 Å². The Morgan fingerprint density at radius 1 is 1.25 bits per heavy atom. The summed E-state index contributed by atoms with van der Waals surface area (Å²) in [7, 11) is 0. The molecule has 0 spiro atoms. The van der Waals surface area contributed by atoms with E-state index in [4.69, 9.17) is 16.1 Å². The Morgan fingerprint density at radius 3 is 2.65 bits per heavy atom. The van der Waals surface area contributed by atoms with Gasteiger partial charge in [-0.1, -0.05) is 32.7 Å². The minimum Gasteiger partial charge on any atom is -0.334 e. The van der Waals surface area contributed by atoms with Crippen LogP contribution in [-0.4, -0.2) is 15.1 Å². The number of aromatic nitrogens is 3. The highest BCUT2D eigenvalue weighted by atomic mass is 79.9. The number of fused-ring (bicyclic) bond motifs is 1. The molecule has 0 N–H and O–H groups in total. The molecule has 2 heterocycles. The highest BCUT2D eigenvalue weighted by Gasteiger charge is 2.19. The molecule has 20 heavy (non-hydrogen) atoms. The summed E-state index contributed by atoms with van der Waals surface area (Å²) in [6.45, 7) is 3.53. The van der Waals surface area contributed by atoms with Crippen LogP contribution in [0.25, 0.3) is 22.4 Å². The van der Waals surface area contributed by atoms with E-state index >= 15 is 0 Å². The van der Waals surface area contributed by atoms with Crippen molar-refractivity contribution in [3.8, 4) is 11.5 Å². The number of nitrogens with zero attached hydrogens (tertiary/aromatic N) is 3. The van der Waals surface area contributed by atoms with E-state index in [1.165, 1.54) is 6.07 Å². The number of hydrogen-bond donors (Lipinski definition) is 0. The van der Waals surface area contributed by atoms with Crippen LogP contribution < -0.4 is 0 Å². The molecule has 0 atom stereocenters. The summed E-state index contributed by atoms with van der Waals surface area (Å²) in [5, 5.41) is 4.52. The largest absolute Gasteiger partial charge is 0.334 e. The van der Waals surface area contributed by atoms with E-state index in [0.29, 0.717) is 21.2 Å². The molecule has 0 aliphatic rings. The molecule has 0 saturated carbocycles. The first kappa shape index (κ1) is 13.5. The maximum atomic E-state index is 13.9. The van der Waals surface area contributed by atoms with E-state index in [1.807, 2.05) is 6.92 Å². The minimum absolute atomic E-state index is 0.139. The SMILES string of the molecule is Cc1noc(-c2c(Cl)nc3c(F)cc(Br)cc3c2C)n1. The summed E-state index contributed by atoms with van der Waals surface area (Å²) in [6.07, 6.45) is 0. The molecule has 0 saturated heterocycles. The fourth-order valence-electron chi connectivity index (χ4n) is 2.06. The van der Waals surface area contributed by atoms with Crippen molar-refractivity contribution in [1.29, 1.82) is 0 Å². The predicted octanol–water partition coefficient (Wildman–Crippen LogP) is 4.46. The minimum atomic E-state index is -0.437. The van der Waals surface area contributed by atoms with Gasteiger partial charge in [0.05, 0.1) is 5.56 Å². The first-order valence-electron chi connectivity index (χ1n) is 5.73. The van der Waals surface area contributed by atoms with Gasteiger partial charge in [0.1, 0.15) is 10.7 Å². The van der Waals surface area contributed by atoms with Crippen molar-refractivity contribution in [3.63, 3.8) is 0 Å². The van der Waals surface area contributed by atoms with Gasteiger partial charge in [0.15, 0.2) is 11.6 Å². The van der Waals surface area contributed by atoms with Gasteiger partial charge >= 0.3 is 0 Å². The van der Waals surface area contributed by atoms with Crippen LogP contribution in [0.2, 0.25) is 5.15 Å². The first-order valence-corrected chi connectivity index (χ1v) is 6.90. The average molecular weight is 357 g/mol. The summed E-state index contributed by atoms with van der Waals surface area (Å²) in [5.41, 5.74) is 1.48. The standard InChI is InChI=1S/C13H8BrClFN3O/c1-5-8-3-7(14)4-9(16)11(8)18-12(15)10(5)13-17-6(2)19-20-13/h3-4H,1-2H3. The van der Waals surface area contributed by atoms with Crippen molar-refractivity contribution >= 4 is 38.4 Å². The molecular weight excluding hydrogens is 349 g/mol. The predicted molar refractivity (Wildman–Crippen MR) is 77.2 cm³/mol. The lowest BCUT2D eigenvalue weighted by atomic mass is 10.0. The van der Waals surface area contributed by atoms with Crippen LogP contribution in [0.1, 0.15) is 11.4 Å². The Morgan fingerprint density at radius 2 is 2.00 bits per heavy atom. The van der Waals surface area contributed by atoms with Gasteiger partial charge in [-0.05, 0) is 31.5 Å². The molecular formula is C13H8BrClFN3O. The van der Waals surface area contributed by atoms with Crippen LogP contribution in [-0.2, 0) is 0 Å². The van der Waals surface area contributed by atoms with Crippen molar-refractivity contribution in [1.82, 2.24) is 15.1 Å². The number of benzene rings is 1. The summed E-state index contributed by atoms with van der Waals surface area (Å²) in [4.78, 5) is 8.25. The maximum Gasteiger partial charge on any atom is 0.261 e. The third-order valence-corrected chi connectivity index (χ3v) is 3.70. The lowest BCUT2D eigenvalue weighted by molar-refractivity contribution is 0.425. The Balaban J connectivity index is 2.39. The smallest absolute Gasteiger partial charge is 0.261 e. The van der Waals surface area contributed by atoms with E-state index < -0.39 is 5.82 Å². The molecule has 0 fully saturated rings. The van der Waals surface area contributed by atoms with Crippen LogP contribution in [0, 0.1) is 19.7 Å². The number of pyridine rings is 1. The monoisotopic (exact) mass is 355 g/mol. The highest BCUT2D eigenvalue weighted by Crippen LogP contribution is 2.35. The molecule has 0 unspecified atom stereocenters. The van der Waals surface area contributed by atoms with Gasteiger partial charge in [-0.15, -0.1) is 0 Å². The number of halogens is 3. The Hall–Kier alpha value is -1.53. The molecule has 0 bridgehead atoms. The molecule has 0 aliphatic heterocycles. The molecule has 7 heteroatoms. The number of aryl methyl sites for hydroxylation is 2. The van der Waals surface area contributed by atoms with E-state index in [-0.39, 0.29) is 16.6 Å². The maximum absolute atomic E-state index is 13.9. The van der Waals surface area contributed by atoms with Crippen molar-refractivity contribution in [2.24, 2.45) is 0 Å². The first-order chi connectivity index (χ1) is 9.47. The van der Waals surface area contributed by atoms with Gasteiger partial charge in [-0.25, -0.2) is 9.37 Å². The summed E-state index contributed by atoms with van der Waals surface area (Å²) < 4.78 is 19.7. The molecule has 0 amide bonds. The Labute approximate surface area is 127 Å². The average Bonchev–Trinajstić information content (AvgIpc) is 2.78. The van der Waals surface area contributed by atoms with Crippen LogP contribution in [0.3, 0.4) is 0 Å². The second-order valence-electron chi connectivity index (χ2n) is 4.33. The topological polar surface area (TPSA) is 51.8 Å². The van der Waals surface area contributed by atoms with Crippen LogP contribution >= 0.6 is 27.5 Å². The van der Waals surface area contributed by atoms with Gasteiger partial charge in [0.2, 0.25) is 0 Å². The van der Waals surface area contributed by atoms with Gasteiger partial charge in [0, 0.05) is 9.86 Å². The lowest BCUT2D eigenvalue weighted by Crippen LogP contribution is -1.94. The van der Waals surface area contributed by atoms with Crippen molar-refractivity contribution in [3.05, 3.63) is 39.0 Å². The summed E-state index contributed by atoms with van der Waals surface area (Å²) in [6, 6.07) is 3.13. The summed E-state index contributed by atoms with van der Waals surface area (Å²) in [5.74, 6) is 0.336. The third kappa shape index (κ3) is 2.09. The van der Waals surface area contributed by atoms with E-state index in [0.717, 1.165) is 5.56 Å². The summed E-state index contributed by atoms with van der Waals surface area (Å²) >= 11 is 9.42. The number of hydrogen-bond acceptors (Lipinski definition) is 4. The van der Waals surface area contributed by atoms with E-state index in [2.05, 4.69) is 31.1 Å². The van der Waals surface area contributed by atoms with Gasteiger partial charge in [-0.2, -0.15) is 4.98 Å². The molecule has 102 valence electrons. The number of rotatable bonds is 1. The zero-order chi connectivity index (χ0) is 14.4. The Bertz CT molecular complexity index is 834. The third-order valence-electron chi connectivity index (χ3n) is 2.96. The molecule has 2 aromatic heterocycles. The van der Waals surface area contributed by atoms with Crippen LogP contribution in [0.4, 0.5) is 4.39 Å². The van der Waals surface area contributed by atoms with Gasteiger partial charge < -0.3 is 4.52 Å². The second-order valence-corrected chi connectivity index (χ2v) is 5.61. The fraction of sp³-hybridized carbons (Fsp3) is 0.154. The molecule has 0 aliphatic carbocycles. The van der Waals surface area contributed by atoms with Crippen LogP contribution in [0.5, 0.6) is 0 Å². The van der Waals surface area contributed by atoms with Crippen molar-refractivity contribution in [2.45, 2.75) is 13.8 Å². The molecule has 4 nitrogen and oxygen atoms in total. The zero-order valence-electron chi connectivity index (χ0n) is 10.5. The van der Waals surface area contributed by atoms with E-state index in [1.54, 1.807) is 13.0 Å². The molecule has 3 aromatic rings. The second kappa shape index (κ2) is 4.79. The molecule has 1 aromatic carbocycles. The van der Waals surface area contributed by atoms with E-state index in [9.17, 15) is 4.39 Å². The van der Waals surface area contributed by atoms with Gasteiger partial charge in [0.25, 0.3) is 5.89 Å². The molecule has 3 rings (SSSR count). The Kier molecular flexibility index (Phi) is 3.22. The highest BCUT2D eigenvalue weighted by molar-refractivity contribution is 9.10. The normalized spacial score (nSPS) is 11.2. The van der Waals surface area contributed by atoms with Crippen molar-refractivity contribution < 1.29 is 8.91 Å². The van der Waals surface area contributed by atoms with Crippen molar-refractivity contribution in [2.75, 3.05) is 0 Å². The molecule has 0 radical (unpaired) electrons. The lowest BCUT2D eigenvalue weighted by Gasteiger charge is -2.09. The van der Waals surface area contributed by atoms with Gasteiger partial charge in [-0.3, -0.25) is 0 Å². The fourth-order valence-corrected chi connectivity index (χ4v) is 2.79.